The van der Waals surface area contributed by atoms with Crippen LogP contribution in [-0.2, 0) is 6.54 Å². The van der Waals surface area contributed by atoms with Crippen molar-refractivity contribution in [3.8, 4) is 0 Å². The largest absolute Gasteiger partial charge is 1.00 e. The van der Waals surface area contributed by atoms with E-state index >= 15 is 0 Å². The Labute approximate surface area is 183 Å². The molecule has 0 aliphatic carbocycles. The van der Waals surface area contributed by atoms with Gasteiger partial charge in [0.1, 0.15) is 6.54 Å². The van der Waals surface area contributed by atoms with Crippen molar-refractivity contribution in [2.24, 2.45) is 0 Å². The van der Waals surface area contributed by atoms with Crippen LogP contribution in [-0.4, -0.2) is 6.54 Å². The summed E-state index contributed by atoms with van der Waals surface area (Å²) in [5.74, 6) is 0. The summed E-state index contributed by atoms with van der Waals surface area (Å²) in [5, 5.41) is 2.60. The highest BCUT2D eigenvalue weighted by Crippen LogP contribution is 2.46. The number of anilines is 1. The smallest absolute Gasteiger partial charge is 0.213 e. The lowest BCUT2D eigenvalue weighted by molar-refractivity contribution is -0.669. The van der Waals surface area contributed by atoms with Crippen LogP contribution in [0.5, 0.6) is 0 Å². The summed E-state index contributed by atoms with van der Waals surface area (Å²) in [4.78, 5) is 3.77. The number of pyridine rings is 1. The van der Waals surface area contributed by atoms with Gasteiger partial charge in [0.2, 0.25) is 11.2 Å². The third-order valence-electron chi connectivity index (χ3n) is 5.01. The van der Waals surface area contributed by atoms with E-state index in [1.165, 1.54) is 43.3 Å². The highest BCUT2D eigenvalue weighted by atomic mass is 127. The molecule has 27 heavy (non-hydrogen) atoms. The first-order valence-corrected chi connectivity index (χ1v) is 10.1. The average molecular weight is 488 g/mol. The minimum atomic E-state index is 0. The second-order valence-corrected chi connectivity index (χ2v) is 7.93. The zero-order chi connectivity index (χ0) is 18.3. The molecule has 0 fully saturated rings. The van der Waals surface area contributed by atoms with E-state index in [0.29, 0.717) is 0 Å². The molecule has 4 rings (SSSR count). The van der Waals surface area contributed by atoms with Gasteiger partial charge in [-0.1, -0.05) is 23.9 Å². The Kier molecular flexibility index (Phi) is 6.16. The molecular formula is C23H25IN2S. The lowest BCUT2D eigenvalue weighted by Crippen LogP contribution is -3.00. The highest BCUT2D eigenvalue weighted by molar-refractivity contribution is 8.03. The fourth-order valence-electron chi connectivity index (χ4n) is 3.68. The number of hydrogen-bond acceptors (Lipinski definition) is 2. The van der Waals surface area contributed by atoms with E-state index in [1.54, 1.807) is 0 Å². The molecule has 140 valence electrons. The number of hydrogen-bond donors (Lipinski definition) is 0. The number of nitrogens with zero attached hydrogens (tertiary/aromatic N) is 2. The van der Waals surface area contributed by atoms with Crippen LogP contribution < -0.4 is 33.4 Å². The van der Waals surface area contributed by atoms with Gasteiger partial charge in [-0.05, 0) is 63.1 Å². The number of benzene rings is 2. The number of aromatic nitrogens is 1. The lowest BCUT2D eigenvalue weighted by atomic mass is 10.1. The Balaban J connectivity index is 0.00000210. The Morgan fingerprint density at radius 3 is 2.41 bits per heavy atom. The Morgan fingerprint density at radius 1 is 0.963 bits per heavy atom. The monoisotopic (exact) mass is 488 g/mol. The highest BCUT2D eigenvalue weighted by Gasteiger charge is 2.25. The summed E-state index contributed by atoms with van der Waals surface area (Å²) < 4.78 is 2.41. The maximum Gasteiger partial charge on any atom is 0.213 e. The maximum absolute atomic E-state index is 2.42. The number of fused-ring (bicyclic) bond motifs is 2. The molecule has 1 aromatic heterocycles. The number of halogens is 1. The molecule has 0 amide bonds. The molecule has 0 spiro atoms. The molecule has 2 heterocycles. The zero-order valence-electron chi connectivity index (χ0n) is 16.3. The van der Waals surface area contributed by atoms with Crippen LogP contribution in [0.25, 0.3) is 17.0 Å². The molecule has 0 radical (unpaired) electrons. The van der Waals surface area contributed by atoms with E-state index < -0.39 is 0 Å². The van der Waals surface area contributed by atoms with Crippen LogP contribution in [0.3, 0.4) is 0 Å². The van der Waals surface area contributed by atoms with Gasteiger partial charge in [0.05, 0.1) is 10.7 Å². The zero-order valence-corrected chi connectivity index (χ0v) is 19.3. The van der Waals surface area contributed by atoms with E-state index in [0.717, 1.165) is 13.1 Å². The second kappa shape index (κ2) is 8.23. The predicted molar refractivity (Wildman–Crippen MR) is 113 cm³/mol. The average Bonchev–Trinajstić information content (AvgIpc) is 2.97. The molecule has 3 aromatic rings. The van der Waals surface area contributed by atoms with E-state index in [1.807, 2.05) is 11.8 Å². The Bertz CT molecular complexity index is 1030. The van der Waals surface area contributed by atoms with E-state index in [9.17, 15) is 0 Å². The molecule has 2 nitrogen and oxygen atoms in total. The third kappa shape index (κ3) is 3.74. The van der Waals surface area contributed by atoms with E-state index in [2.05, 4.69) is 91.8 Å². The van der Waals surface area contributed by atoms with Gasteiger partial charge >= 0.3 is 0 Å². The Morgan fingerprint density at radius 2 is 1.67 bits per heavy atom. The van der Waals surface area contributed by atoms with Gasteiger partial charge < -0.3 is 28.9 Å². The van der Waals surface area contributed by atoms with Crippen LogP contribution in [0.2, 0.25) is 0 Å². The van der Waals surface area contributed by atoms with Crippen molar-refractivity contribution >= 4 is 34.4 Å². The minimum Gasteiger partial charge on any atom is -1.00 e. The van der Waals surface area contributed by atoms with Crippen LogP contribution in [0.15, 0.2) is 58.5 Å². The van der Waals surface area contributed by atoms with Crippen LogP contribution >= 0.6 is 11.8 Å². The number of thioether (sulfide) groups is 1. The van der Waals surface area contributed by atoms with Crippen molar-refractivity contribution in [1.29, 1.82) is 0 Å². The first-order chi connectivity index (χ1) is 12.6. The van der Waals surface area contributed by atoms with Crippen LogP contribution in [0.4, 0.5) is 5.69 Å². The third-order valence-corrected chi connectivity index (χ3v) is 6.12. The van der Waals surface area contributed by atoms with Gasteiger partial charge in [0.15, 0.2) is 0 Å². The summed E-state index contributed by atoms with van der Waals surface area (Å²) in [6.07, 6.45) is 2.34. The summed E-state index contributed by atoms with van der Waals surface area (Å²) in [5.41, 5.74) is 6.52. The van der Waals surface area contributed by atoms with Crippen LogP contribution in [0.1, 0.15) is 30.7 Å². The SMILES string of the molecule is CCN1/C(=C/c2ccc3ccc(C)cc3[n+]2CC)Sc2ccc(C)cc21.[I-]. The summed E-state index contributed by atoms with van der Waals surface area (Å²) in [6, 6.07) is 17.9. The first-order valence-electron chi connectivity index (χ1n) is 9.31. The van der Waals surface area contributed by atoms with E-state index in [-0.39, 0.29) is 24.0 Å². The fraction of sp³-hybridized carbons (Fsp3) is 0.261. The van der Waals surface area contributed by atoms with Gasteiger partial charge in [0.25, 0.3) is 0 Å². The molecule has 0 unspecified atom stereocenters. The van der Waals surface area contributed by atoms with Gasteiger partial charge in [-0.2, -0.15) is 4.57 Å². The molecule has 0 N–H and O–H groups in total. The fourth-order valence-corrected chi connectivity index (χ4v) is 4.84. The van der Waals surface area contributed by atoms with Gasteiger partial charge in [-0.3, -0.25) is 0 Å². The summed E-state index contributed by atoms with van der Waals surface area (Å²) >= 11 is 1.87. The normalized spacial score (nSPS) is 14.5. The molecule has 1 aliphatic rings. The standard InChI is InChI=1S/C23H25N2S.HI/c1-5-24-19(11-10-18-9-7-16(3)13-20(18)24)15-23-25(6-2)21-14-17(4)8-12-22(21)26-23;/h7-15H,5-6H2,1-4H3;1H/q+1;/p-1. The molecule has 1 aliphatic heterocycles. The molecule has 4 heteroatoms. The van der Waals surface area contributed by atoms with Crippen molar-refractivity contribution in [3.63, 3.8) is 0 Å². The first kappa shape index (κ1) is 20.2. The maximum atomic E-state index is 2.42. The molecule has 0 atom stereocenters. The molecular weight excluding hydrogens is 463 g/mol. The molecule has 2 aromatic carbocycles. The quantitative estimate of drug-likeness (QED) is 0.414. The van der Waals surface area contributed by atoms with Crippen LogP contribution in [0, 0.1) is 13.8 Å². The van der Waals surface area contributed by atoms with Gasteiger partial charge in [-0.25, -0.2) is 0 Å². The van der Waals surface area contributed by atoms with Gasteiger partial charge in [0, 0.05) is 35.0 Å². The van der Waals surface area contributed by atoms with Crippen molar-refractivity contribution < 1.29 is 28.5 Å². The van der Waals surface area contributed by atoms with Crippen molar-refractivity contribution in [1.82, 2.24) is 0 Å². The summed E-state index contributed by atoms with van der Waals surface area (Å²) in [7, 11) is 0. The topological polar surface area (TPSA) is 7.12 Å². The predicted octanol–water partition coefficient (Wildman–Crippen LogP) is 2.70. The molecule has 0 saturated carbocycles. The Hall–Kier alpha value is -1.53. The lowest BCUT2D eigenvalue weighted by Gasteiger charge is -2.18. The number of aryl methyl sites for hydroxylation is 3. The van der Waals surface area contributed by atoms with Crippen molar-refractivity contribution in [3.05, 3.63) is 70.4 Å². The van der Waals surface area contributed by atoms with E-state index in [4.69, 9.17) is 0 Å². The van der Waals surface area contributed by atoms with Crippen molar-refractivity contribution in [2.75, 3.05) is 11.4 Å². The van der Waals surface area contributed by atoms with Gasteiger partial charge in [-0.15, -0.1) is 0 Å². The second-order valence-electron chi connectivity index (χ2n) is 6.86. The molecule has 0 bridgehead atoms. The van der Waals surface area contributed by atoms with Crippen molar-refractivity contribution in [2.45, 2.75) is 39.1 Å². The summed E-state index contributed by atoms with van der Waals surface area (Å²) in [6.45, 7) is 10.7. The minimum absolute atomic E-state index is 0. The molecule has 0 saturated heterocycles. The number of rotatable bonds is 3.